The van der Waals surface area contributed by atoms with E-state index in [1.807, 2.05) is 12.3 Å². The van der Waals surface area contributed by atoms with Crippen molar-refractivity contribution in [2.24, 2.45) is 0 Å². The van der Waals surface area contributed by atoms with Crippen LogP contribution in [0.5, 0.6) is 0 Å². The van der Waals surface area contributed by atoms with Gasteiger partial charge in [0.15, 0.2) is 0 Å². The zero-order valence-corrected chi connectivity index (χ0v) is 15.4. The first-order chi connectivity index (χ1) is 12.2. The van der Waals surface area contributed by atoms with Gasteiger partial charge >= 0.3 is 0 Å². The molecule has 1 aliphatic rings. The van der Waals surface area contributed by atoms with Crippen LogP contribution in [-0.4, -0.2) is 41.1 Å². The van der Waals surface area contributed by atoms with E-state index in [1.54, 1.807) is 0 Å². The maximum atomic E-state index is 6.06. The van der Waals surface area contributed by atoms with Crippen molar-refractivity contribution in [3.8, 4) is 0 Å². The van der Waals surface area contributed by atoms with E-state index >= 15 is 0 Å². The molecule has 4 heteroatoms. The molecule has 0 aliphatic carbocycles. The van der Waals surface area contributed by atoms with Crippen LogP contribution < -0.4 is 0 Å². The summed E-state index contributed by atoms with van der Waals surface area (Å²) in [6.45, 7) is 8.55. The summed E-state index contributed by atoms with van der Waals surface area (Å²) in [5, 5.41) is 0. The van der Waals surface area contributed by atoms with Crippen LogP contribution in [-0.2, 0) is 17.6 Å². The van der Waals surface area contributed by atoms with Crippen molar-refractivity contribution in [1.82, 2.24) is 14.9 Å². The first-order valence-electron chi connectivity index (χ1n) is 9.48. The third-order valence-corrected chi connectivity index (χ3v) is 4.88. The third-order valence-electron chi connectivity index (χ3n) is 4.88. The van der Waals surface area contributed by atoms with Gasteiger partial charge in [0.2, 0.25) is 0 Å². The van der Waals surface area contributed by atoms with Gasteiger partial charge in [-0.2, -0.15) is 0 Å². The lowest BCUT2D eigenvalue weighted by Gasteiger charge is -2.18. The maximum Gasteiger partial charge on any atom is 0.132 e. The molecule has 0 saturated carbocycles. The predicted octanol–water partition coefficient (Wildman–Crippen LogP) is 3.80. The molecule has 1 atom stereocenters. The van der Waals surface area contributed by atoms with E-state index in [9.17, 15) is 0 Å². The molecule has 134 valence electrons. The van der Waals surface area contributed by atoms with Crippen molar-refractivity contribution in [1.29, 1.82) is 0 Å². The number of hydrogen-bond donors (Lipinski definition) is 0. The van der Waals surface area contributed by atoms with E-state index in [0.29, 0.717) is 0 Å². The summed E-state index contributed by atoms with van der Waals surface area (Å²) >= 11 is 0. The van der Waals surface area contributed by atoms with Crippen LogP contribution in [0.2, 0.25) is 0 Å². The Bertz CT molecular complexity index is 668. The molecule has 2 heterocycles. The molecule has 4 nitrogen and oxygen atoms in total. The lowest BCUT2D eigenvalue weighted by atomic mass is 10.0. The molecular formula is C21H29N3O. The van der Waals surface area contributed by atoms with Gasteiger partial charge < -0.3 is 9.64 Å². The van der Waals surface area contributed by atoms with Crippen LogP contribution >= 0.6 is 0 Å². The second-order valence-corrected chi connectivity index (χ2v) is 6.80. The molecule has 1 aromatic heterocycles. The van der Waals surface area contributed by atoms with E-state index in [4.69, 9.17) is 4.74 Å². The highest BCUT2D eigenvalue weighted by molar-refractivity contribution is 5.27. The van der Waals surface area contributed by atoms with Gasteiger partial charge in [-0.25, -0.2) is 9.97 Å². The Labute approximate surface area is 151 Å². The van der Waals surface area contributed by atoms with Crippen molar-refractivity contribution in [3.05, 3.63) is 59.2 Å². The monoisotopic (exact) mass is 339 g/mol. The summed E-state index contributed by atoms with van der Waals surface area (Å²) in [5.41, 5.74) is 3.56. The summed E-state index contributed by atoms with van der Waals surface area (Å²) < 4.78 is 6.06. The van der Waals surface area contributed by atoms with Gasteiger partial charge in [0.05, 0.1) is 12.7 Å². The zero-order chi connectivity index (χ0) is 17.5. The molecule has 0 radical (unpaired) electrons. The lowest BCUT2D eigenvalue weighted by molar-refractivity contribution is 0.0517. The Kier molecular flexibility index (Phi) is 6.54. The van der Waals surface area contributed by atoms with Crippen LogP contribution in [0.3, 0.4) is 0 Å². The smallest absolute Gasteiger partial charge is 0.132 e. The second kappa shape index (κ2) is 9.07. The highest BCUT2D eigenvalue weighted by Gasteiger charge is 2.12. The van der Waals surface area contributed by atoms with E-state index in [0.717, 1.165) is 37.5 Å². The second-order valence-electron chi connectivity index (χ2n) is 6.80. The lowest BCUT2D eigenvalue weighted by Crippen LogP contribution is -2.24. The van der Waals surface area contributed by atoms with Crippen LogP contribution in [0.1, 0.15) is 55.4 Å². The molecule has 1 aliphatic heterocycles. The molecule has 1 aromatic carbocycles. The molecule has 0 amide bonds. The normalized spacial score (nSPS) is 16.2. The number of benzene rings is 1. The molecule has 2 aromatic rings. The molecule has 0 spiro atoms. The predicted molar refractivity (Wildman–Crippen MR) is 101 cm³/mol. The van der Waals surface area contributed by atoms with E-state index in [1.165, 1.54) is 37.1 Å². The minimum absolute atomic E-state index is 0.116. The van der Waals surface area contributed by atoms with Gasteiger partial charge in [-0.1, -0.05) is 31.2 Å². The fraction of sp³-hybridized carbons (Fsp3) is 0.524. The number of likely N-dealkylation sites (tertiary alicyclic amines) is 1. The largest absolute Gasteiger partial charge is 0.372 e. The minimum Gasteiger partial charge on any atom is -0.372 e. The van der Waals surface area contributed by atoms with Gasteiger partial charge in [0, 0.05) is 24.9 Å². The summed E-state index contributed by atoms with van der Waals surface area (Å²) in [4.78, 5) is 11.5. The Balaban J connectivity index is 1.56. The van der Waals surface area contributed by atoms with Gasteiger partial charge in [-0.05, 0) is 56.5 Å². The first-order valence-corrected chi connectivity index (χ1v) is 9.48. The number of hydrogen-bond acceptors (Lipinski definition) is 4. The standard InChI is InChI=1S/C21H29N3O/c1-3-20-9-10-22-21(23-20)16-18-7-6-8-19(15-18)17(2)25-14-13-24-11-4-5-12-24/h6-10,15,17H,3-5,11-14,16H2,1-2H3. The van der Waals surface area contributed by atoms with E-state index < -0.39 is 0 Å². The number of ether oxygens (including phenoxy) is 1. The Morgan fingerprint density at radius 3 is 2.84 bits per heavy atom. The van der Waals surface area contributed by atoms with Gasteiger partial charge in [-0.3, -0.25) is 0 Å². The Hall–Kier alpha value is -1.78. The maximum absolute atomic E-state index is 6.06. The highest BCUT2D eigenvalue weighted by Crippen LogP contribution is 2.19. The molecule has 25 heavy (non-hydrogen) atoms. The topological polar surface area (TPSA) is 38.2 Å². The third kappa shape index (κ3) is 5.35. The quantitative estimate of drug-likeness (QED) is 0.733. The van der Waals surface area contributed by atoms with E-state index in [2.05, 4.69) is 53.0 Å². The Morgan fingerprint density at radius 1 is 1.20 bits per heavy atom. The van der Waals surface area contributed by atoms with Crippen molar-refractivity contribution >= 4 is 0 Å². The minimum atomic E-state index is 0.116. The summed E-state index contributed by atoms with van der Waals surface area (Å²) in [7, 11) is 0. The van der Waals surface area contributed by atoms with Crippen LogP contribution in [0.4, 0.5) is 0 Å². The summed E-state index contributed by atoms with van der Waals surface area (Å²) in [6, 6.07) is 10.6. The van der Waals surface area contributed by atoms with Crippen LogP contribution in [0.15, 0.2) is 36.5 Å². The summed E-state index contributed by atoms with van der Waals surface area (Å²) in [6.07, 6.45) is 6.34. The van der Waals surface area contributed by atoms with Gasteiger partial charge in [0.1, 0.15) is 5.82 Å². The molecule has 0 bridgehead atoms. The Morgan fingerprint density at radius 2 is 2.04 bits per heavy atom. The molecule has 0 N–H and O–H groups in total. The molecule has 3 rings (SSSR count). The fourth-order valence-electron chi connectivity index (χ4n) is 3.32. The van der Waals surface area contributed by atoms with Crippen LogP contribution in [0, 0.1) is 0 Å². The number of aromatic nitrogens is 2. The van der Waals surface area contributed by atoms with Gasteiger partial charge in [-0.15, -0.1) is 0 Å². The average molecular weight is 339 g/mol. The molecule has 1 fully saturated rings. The fourth-order valence-corrected chi connectivity index (χ4v) is 3.32. The molecule has 1 saturated heterocycles. The van der Waals surface area contributed by atoms with Gasteiger partial charge in [0.25, 0.3) is 0 Å². The zero-order valence-electron chi connectivity index (χ0n) is 15.4. The highest BCUT2D eigenvalue weighted by atomic mass is 16.5. The van der Waals surface area contributed by atoms with E-state index in [-0.39, 0.29) is 6.10 Å². The van der Waals surface area contributed by atoms with Crippen molar-refractivity contribution < 1.29 is 4.74 Å². The van der Waals surface area contributed by atoms with Crippen LogP contribution in [0.25, 0.3) is 0 Å². The van der Waals surface area contributed by atoms with Crippen molar-refractivity contribution in [2.45, 2.75) is 45.6 Å². The molecular weight excluding hydrogens is 310 g/mol. The number of rotatable bonds is 8. The number of nitrogens with zero attached hydrogens (tertiary/aromatic N) is 3. The van der Waals surface area contributed by atoms with Crippen molar-refractivity contribution in [2.75, 3.05) is 26.2 Å². The van der Waals surface area contributed by atoms with Crippen molar-refractivity contribution in [3.63, 3.8) is 0 Å². The summed E-state index contributed by atoms with van der Waals surface area (Å²) in [5.74, 6) is 0.888. The SMILES string of the molecule is CCc1ccnc(Cc2cccc(C(C)OCCN3CCCC3)c2)n1. The average Bonchev–Trinajstić information content (AvgIpc) is 3.15. The molecule has 1 unspecified atom stereocenters. The first kappa shape index (κ1) is 18.0. The number of aryl methyl sites for hydroxylation is 1.